The zero-order valence-electron chi connectivity index (χ0n) is 37.7. The molecule has 2 aliphatic rings. The van der Waals surface area contributed by atoms with Crippen LogP contribution in [0.4, 0.5) is 4.39 Å². The SMILES string of the molecule is CCCCOC1[C@@H](OCCCC)[C@H](OCCCC)C(COCc2ccc(OC)cc2)(COCc2ccc(OC)cc2)OC1(O)c1ccc(F)c(Cc2ccc(OC3COC3)cc2)c1. The van der Waals surface area contributed by atoms with Gasteiger partial charge in [-0.15, -0.1) is 0 Å². The molecule has 2 heterocycles. The van der Waals surface area contributed by atoms with Crippen LogP contribution in [0.15, 0.2) is 91.0 Å². The highest BCUT2D eigenvalue weighted by Gasteiger charge is 2.64. The molecule has 2 unspecified atom stereocenters. The van der Waals surface area contributed by atoms with Gasteiger partial charge in [-0.1, -0.05) is 82.5 Å². The lowest BCUT2D eigenvalue weighted by molar-refractivity contribution is -0.411. The van der Waals surface area contributed by atoms with Crippen LogP contribution >= 0.6 is 0 Å². The maximum Gasteiger partial charge on any atom is 0.223 e. The van der Waals surface area contributed by atoms with Crippen LogP contribution in [0.25, 0.3) is 0 Å². The van der Waals surface area contributed by atoms with Crippen LogP contribution in [0.1, 0.15) is 87.1 Å². The molecule has 11 nitrogen and oxygen atoms in total. The molecule has 0 spiro atoms. The predicted octanol–water partition coefficient (Wildman–Crippen LogP) is 9.11. The van der Waals surface area contributed by atoms with Gasteiger partial charge in [0.25, 0.3) is 0 Å². The van der Waals surface area contributed by atoms with Crippen molar-refractivity contribution in [2.75, 3.05) is 60.5 Å². The summed E-state index contributed by atoms with van der Waals surface area (Å²) in [7, 11) is 3.26. The van der Waals surface area contributed by atoms with E-state index in [1.54, 1.807) is 26.4 Å². The summed E-state index contributed by atoms with van der Waals surface area (Å²) in [5, 5.41) is 13.5. The first-order chi connectivity index (χ1) is 30.7. The second-order valence-corrected chi connectivity index (χ2v) is 16.4. The van der Waals surface area contributed by atoms with Gasteiger partial charge in [0.05, 0.1) is 53.9 Å². The molecule has 0 saturated carbocycles. The second kappa shape index (κ2) is 24.3. The summed E-state index contributed by atoms with van der Waals surface area (Å²) in [5.41, 5.74) is 1.93. The molecule has 2 aliphatic heterocycles. The fourth-order valence-corrected chi connectivity index (χ4v) is 7.74. The van der Waals surface area contributed by atoms with Gasteiger partial charge in [0.1, 0.15) is 53.1 Å². The van der Waals surface area contributed by atoms with Gasteiger partial charge in [0.2, 0.25) is 5.79 Å². The van der Waals surface area contributed by atoms with Gasteiger partial charge in [0, 0.05) is 31.8 Å². The van der Waals surface area contributed by atoms with Crippen molar-refractivity contribution in [1.82, 2.24) is 0 Å². The number of ether oxygens (including phenoxy) is 10. The molecule has 2 fully saturated rings. The lowest BCUT2D eigenvalue weighted by Gasteiger charge is -2.56. The van der Waals surface area contributed by atoms with Crippen molar-refractivity contribution in [2.24, 2.45) is 0 Å². The lowest BCUT2D eigenvalue weighted by Crippen LogP contribution is -2.73. The van der Waals surface area contributed by atoms with Crippen molar-refractivity contribution in [3.63, 3.8) is 0 Å². The minimum atomic E-state index is -2.17. The Labute approximate surface area is 373 Å². The Hall–Kier alpha value is -4.11. The molecule has 63 heavy (non-hydrogen) atoms. The Morgan fingerprint density at radius 2 is 1.14 bits per heavy atom. The average Bonchev–Trinajstić information content (AvgIpc) is 3.28. The van der Waals surface area contributed by atoms with E-state index >= 15 is 4.39 Å². The number of methoxy groups -OCH3 is 2. The molecule has 12 heteroatoms. The van der Waals surface area contributed by atoms with E-state index in [2.05, 4.69) is 20.8 Å². The topological polar surface area (TPSA) is 113 Å². The van der Waals surface area contributed by atoms with Gasteiger partial charge < -0.3 is 52.5 Å². The Morgan fingerprint density at radius 3 is 1.65 bits per heavy atom. The summed E-state index contributed by atoms with van der Waals surface area (Å²) in [6, 6.07) is 27.5. The number of benzene rings is 4. The molecule has 0 radical (unpaired) electrons. The summed E-state index contributed by atoms with van der Waals surface area (Å²) >= 11 is 0. The van der Waals surface area contributed by atoms with Crippen molar-refractivity contribution in [3.8, 4) is 17.2 Å². The molecule has 0 aliphatic carbocycles. The lowest BCUT2D eigenvalue weighted by atomic mass is 9.80. The summed E-state index contributed by atoms with van der Waals surface area (Å²) in [4.78, 5) is 0. The largest absolute Gasteiger partial charge is 0.497 e. The maximum atomic E-state index is 15.9. The molecule has 0 bridgehead atoms. The standard InChI is InChI=1S/C51H67FO11/c1-6-9-26-59-47-48(60-27-10-7-2)50(35-57-31-38-14-19-42(54-4)20-15-38,36-58-32-39-16-21-43(55-5)22-17-39)63-51(53,49(47)61-28-11-8-3)41-18-25-46(52)40(30-41)29-37-12-23-44(24-13-37)62-45-33-56-34-45/h12-25,30,45,47-49,53H,6-11,26-29,31-36H2,1-5H3/t47-,48-,49?,51?/m0/s1. The predicted molar refractivity (Wildman–Crippen MR) is 238 cm³/mol. The molecule has 4 aromatic rings. The number of aliphatic hydroxyl groups is 1. The number of rotatable bonds is 27. The number of unbranched alkanes of at least 4 members (excludes halogenated alkanes) is 3. The van der Waals surface area contributed by atoms with E-state index in [-0.39, 0.29) is 39.0 Å². The van der Waals surface area contributed by atoms with Gasteiger partial charge in [0.15, 0.2) is 0 Å². The fraction of sp³-hybridized carbons (Fsp3) is 0.529. The summed E-state index contributed by atoms with van der Waals surface area (Å²) in [5.74, 6) is -0.396. The van der Waals surface area contributed by atoms with E-state index in [4.69, 9.17) is 47.4 Å². The van der Waals surface area contributed by atoms with Crippen molar-refractivity contribution >= 4 is 0 Å². The van der Waals surface area contributed by atoms with Crippen LogP contribution in [0.5, 0.6) is 17.2 Å². The first-order valence-corrected chi connectivity index (χ1v) is 22.5. The molecule has 4 atom stereocenters. The third-order valence-corrected chi connectivity index (χ3v) is 11.5. The Balaban J connectivity index is 1.41. The Bertz CT molecular complexity index is 1870. The monoisotopic (exact) mass is 874 g/mol. The van der Waals surface area contributed by atoms with Gasteiger partial charge in [-0.2, -0.15) is 0 Å². The molecule has 6 rings (SSSR count). The van der Waals surface area contributed by atoms with Crippen LogP contribution in [0.2, 0.25) is 0 Å². The average molecular weight is 875 g/mol. The van der Waals surface area contributed by atoms with E-state index in [9.17, 15) is 5.11 Å². The highest BCUT2D eigenvalue weighted by Crippen LogP contribution is 2.46. The van der Waals surface area contributed by atoms with Crippen LogP contribution in [0, 0.1) is 5.82 Å². The maximum absolute atomic E-state index is 15.9. The quantitative estimate of drug-likeness (QED) is 0.0580. The second-order valence-electron chi connectivity index (χ2n) is 16.4. The molecule has 4 aromatic carbocycles. The van der Waals surface area contributed by atoms with Crippen molar-refractivity contribution in [2.45, 2.75) is 115 Å². The zero-order valence-corrected chi connectivity index (χ0v) is 37.7. The summed E-state index contributed by atoms with van der Waals surface area (Å²) < 4.78 is 78.7. The van der Waals surface area contributed by atoms with E-state index in [0.717, 1.165) is 72.5 Å². The van der Waals surface area contributed by atoms with Crippen LogP contribution in [0.3, 0.4) is 0 Å². The zero-order chi connectivity index (χ0) is 44.5. The van der Waals surface area contributed by atoms with E-state index in [1.807, 2.05) is 72.8 Å². The first kappa shape index (κ1) is 48.3. The van der Waals surface area contributed by atoms with Gasteiger partial charge in [-0.25, -0.2) is 4.39 Å². The van der Waals surface area contributed by atoms with E-state index < -0.39 is 35.5 Å². The summed E-state index contributed by atoms with van der Waals surface area (Å²) in [6.45, 7) is 8.88. The molecule has 1 N–H and O–H groups in total. The molecule has 0 aromatic heterocycles. The van der Waals surface area contributed by atoms with Gasteiger partial charge in [-0.3, -0.25) is 0 Å². The van der Waals surface area contributed by atoms with Crippen LogP contribution in [-0.4, -0.2) is 95.6 Å². The van der Waals surface area contributed by atoms with Crippen LogP contribution in [-0.2, 0) is 58.6 Å². The Kier molecular flexibility index (Phi) is 18.6. The van der Waals surface area contributed by atoms with Crippen molar-refractivity contribution in [1.29, 1.82) is 0 Å². The number of hydrogen-bond donors (Lipinski definition) is 1. The smallest absolute Gasteiger partial charge is 0.223 e. The van der Waals surface area contributed by atoms with Gasteiger partial charge >= 0.3 is 0 Å². The Morgan fingerprint density at radius 1 is 0.635 bits per heavy atom. The van der Waals surface area contributed by atoms with Crippen molar-refractivity contribution in [3.05, 3.63) is 125 Å². The fourth-order valence-electron chi connectivity index (χ4n) is 7.74. The first-order valence-electron chi connectivity index (χ1n) is 22.5. The molecular weight excluding hydrogens is 808 g/mol. The number of hydrogen-bond acceptors (Lipinski definition) is 11. The number of halogens is 1. The van der Waals surface area contributed by atoms with E-state index in [0.29, 0.717) is 44.2 Å². The van der Waals surface area contributed by atoms with Crippen molar-refractivity contribution < 1.29 is 56.9 Å². The molecule has 0 amide bonds. The molecular formula is C51H67FO11. The highest BCUT2D eigenvalue weighted by molar-refractivity contribution is 5.36. The molecule has 2 saturated heterocycles. The summed E-state index contributed by atoms with van der Waals surface area (Å²) in [6.07, 6.45) is 2.49. The minimum absolute atomic E-state index is 0.0351. The van der Waals surface area contributed by atoms with E-state index in [1.165, 1.54) is 6.07 Å². The third-order valence-electron chi connectivity index (χ3n) is 11.5. The molecule has 344 valence electrons. The van der Waals surface area contributed by atoms with Gasteiger partial charge in [-0.05, 0) is 90.0 Å². The minimum Gasteiger partial charge on any atom is -0.497 e. The highest BCUT2D eigenvalue weighted by atomic mass is 19.1. The van der Waals surface area contributed by atoms with Crippen LogP contribution < -0.4 is 14.2 Å². The third kappa shape index (κ3) is 13.0. The normalized spacial score (nSPS) is 20.9.